The van der Waals surface area contributed by atoms with Crippen LogP contribution in [-0.4, -0.2) is 21.9 Å². The Bertz CT molecular complexity index is 1200. The van der Waals surface area contributed by atoms with Crippen molar-refractivity contribution < 1.29 is 4.74 Å². The first kappa shape index (κ1) is 14.8. The van der Waals surface area contributed by atoms with Gasteiger partial charge in [0.25, 0.3) is 0 Å². The molecule has 0 atom stereocenters. The van der Waals surface area contributed by atoms with Gasteiger partial charge in [-0.05, 0) is 42.5 Å². The lowest BCUT2D eigenvalue weighted by Crippen LogP contribution is -1.96. The van der Waals surface area contributed by atoms with Gasteiger partial charge in [-0.1, -0.05) is 36.4 Å². The minimum atomic E-state index is 0.839. The van der Waals surface area contributed by atoms with E-state index in [0.29, 0.717) is 0 Å². The number of hydrogen-bond donors (Lipinski definition) is 1. The smallest absolute Gasteiger partial charge is 0.142 e. The lowest BCUT2D eigenvalue weighted by atomic mass is 10.1. The van der Waals surface area contributed by atoms with E-state index in [1.165, 1.54) is 5.39 Å². The number of rotatable bonds is 3. The molecule has 4 heteroatoms. The van der Waals surface area contributed by atoms with Gasteiger partial charge in [0.05, 0.1) is 18.2 Å². The van der Waals surface area contributed by atoms with Crippen molar-refractivity contribution in [1.29, 1.82) is 0 Å². The summed E-state index contributed by atoms with van der Waals surface area (Å²) in [6.45, 7) is 0. The fourth-order valence-electron chi connectivity index (χ4n) is 3.43. The van der Waals surface area contributed by atoms with E-state index in [1.807, 2.05) is 41.1 Å². The van der Waals surface area contributed by atoms with Crippen molar-refractivity contribution in [2.75, 3.05) is 7.11 Å². The number of methoxy groups -OCH3 is 1. The molecule has 2 aromatic heterocycles. The average Bonchev–Trinajstić information content (AvgIpc) is 3.26. The van der Waals surface area contributed by atoms with Crippen LogP contribution < -0.4 is 4.74 Å². The normalized spacial score (nSPS) is 11.3. The SMILES string of the molecule is COc1ccc(-c2nn(-c3ccccc3)c3[nH]c4ccccc4c23)cc1. The summed E-state index contributed by atoms with van der Waals surface area (Å²) >= 11 is 0. The van der Waals surface area contributed by atoms with Gasteiger partial charge in [-0.25, -0.2) is 4.68 Å². The second-order valence-corrected chi connectivity index (χ2v) is 6.22. The van der Waals surface area contributed by atoms with Gasteiger partial charge in [0.2, 0.25) is 0 Å². The molecule has 126 valence electrons. The summed E-state index contributed by atoms with van der Waals surface area (Å²) in [5.41, 5.74) is 5.17. The van der Waals surface area contributed by atoms with Crippen LogP contribution in [0.15, 0.2) is 78.9 Å². The summed E-state index contributed by atoms with van der Waals surface area (Å²) in [6, 6.07) is 26.6. The molecule has 0 radical (unpaired) electrons. The van der Waals surface area contributed by atoms with Gasteiger partial charge in [-0.3, -0.25) is 0 Å². The van der Waals surface area contributed by atoms with Crippen LogP contribution in [0.5, 0.6) is 5.75 Å². The van der Waals surface area contributed by atoms with Crippen LogP contribution >= 0.6 is 0 Å². The second-order valence-electron chi connectivity index (χ2n) is 6.22. The zero-order chi connectivity index (χ0) is 17.5. The van der Waals surface area contributed by atoms with E-state index in [1.54, 1.807) is 7.11 Å². The molecule has 5 rings (SSSR count). The van der Waals surface area contributed by atoms with Crippen molar-refractivity contribution in [3.8, 4) is 22.7 Å². The second kappa shape index (κ2) is 5.77. The van der Waals surface area contributed by atoms with Crippen LogP contribution in [0, 0.1) is 0 Å². The maximum atomic E-state index is 5.29. The summed E-state index contributed by atoms with van der Waals surface area (Å²) in [6.07, 6.45) is 0. The fraction of sp³-hybridized carbons (Fsp3) is 0.0455. The van der Waals surface area contributed by atoms with E-state index in [9.17, 15) is 0 Å². The first-order valence-corrected chi connectivity index (χ1v) is 8.54. The fourth-order valence-corrected chi connectivity index (χ4v) is 3.43. The Labute approximate surface area is 150 Å². The van der Waals surface area contributed by atoms with E-state index in [4.69, 9.17) is 9.84 Å². The minimum Gasteiger partial charge on any atom is -0.497 e. The molecule has 5 aromatic rings. The van der Waals surface area contributed by atoms with Gasteiger partial charge >= 0.3 is 0 Å². The zero-order valence-corrected chi connectivity index (χ0v) is 14.3. The van der Waals surface area contributed by atoms with Gasteiger partial charge in [-0.15, -0.1) is 0 Å². The third kappa shape index (κ3) is 2.19. The Kier molecular flexibility index (Phi) is 3.28. The molecule has 1 N–H and O–H groups in total. The first-order valence-electron chi connectivity index (χ1n) is 8.54. The number of nitrogens with zero attached hydrogens (tertiary/aromatic N) is 2. The van der Waals surface area contributed by atoms with E-state index in [0.717, 1.165) is 39.2 Å². The molecule has 0 aliphatic heterocycles. The maximum absolute atomic E-state index is 5.29. The largest absolute Gasteiger partial charge is 0.497 e. The molecule has 0 amide bonds. The zero-order valence-electron chi connectivity index (χ0n) is 14.3. The molecular formula is C22H17N3O. The van der Waals surface area contributed by atoms with Gasteiger partial charge in [0.1, 0.15) is 17.1 Å². The first-order chi connectivity index (χ1) is 12.8. The molecule has 4 nitrogen and oxygen atoms in total. The predicted molar refractivity (Wildman–Crippen MR) is 105 cm³/mol. The molecule has 0 aliphatic rings. The molecule has 0 saturated heterocycles. The van der Waals surface area contributed by atoms with E-state index in [-0.39, 0.29) is 0 Å². The standard InChI is InChI=1S/C22H17N3O/c1-26-17-13-11-15(12-14-17)21-20-18-9-5-6-10-19(18)23-22(20)25(24-21)16-7-3-2-4-8-16/h2-14,23H,1H3. The summed E-state index contributed by atoms with van der Waals surface area (Å²) < 4.78 is 7.27. The lowest BCUT2D eigenvalue weighted by Gasteiger charge is -2.03. The lowest BCUT2D eigenvalue weighted by molar-refractivity contribution is 0.415. The van der Waals surface area contributed by atoms with Crippen LogP contribution in [0.4, 0.5) is 0 Å². The Morgan fingerprint density at radius 3 is 2.35 bits per heavy atom. The van der Waals surface area contributed by atoms with Gasteiger partial charge in [0.15, 0.2) is 0 Å². The molecule has 0 spiro atoms. The monoisotopic (exact) mass is 339 g/mol. The molecule has 0 aliphatic carbocycles. The van der Waals surface area contributed by atoms with Crippen molar-refractivity contribution in [2.24, 2.45) is 0 Å². The molecular weight excluding hydrogens is 322 g/mol. The van der Waals surface area contributed by atoms with Gasteiger partial charge in [-0.2, -0.15) is 5.10 Å². The highest BCUT2D eigenvalue weighted by Gasteiger charge is 2.18. The summed E-state index contributed by atoms with van der Waals surface area (Å²) in [7, 11) is 1.68. The molecule has 2 heterocycles. The van der Waals surface area contributed by atoms with E-state index < -0.39 is 0 Å². The number of H-pyrrole nitrogens is 1. The van der Waals surface area contributed by atoms with Crippen LogP contribution in [0.2, 0.25) is 0 Å². The van der Waals surface area contributed by atoms with Crippen molar-refractivity contribution >= 4 is 21.9 Å². The molecule has 26 heavy (non-hydrogen) atoms. The van der Waals surface area contributed by atoms with Gasteiger partial charge < -0.3 is 9.72 Å². The molecule has 3 aromatic carbocycles. The number of hydrogen-bond acceptors (Lipinski definition) is 2. The highest BCUT2D eigenvalue weighted by atomic mass is 16.5. The predicted octanol–water partition coefficient (Wildman–Crippen LogP) is 5.18. The summed E-state index contributed by atoms with van der Waals surface area (Å²) in [4.78, 5) is 3.53. The number of benzene rings is 3. The molecule has 0 unspecified atom stereocenters. The van der Waals surface area contributed by atoms with Gasteiger partial charge in [0, 0.05) is 16.5 Å². The van der Waals surface area contributed by atoms with Crippen molar-refractivity contribution in [3.63, 3.8) is 0 Å². The van der Waals surface area contributed by atoms with Crippen LogP contribution in [0.3, 0.4) is 0 Å². The third-order valence-electron chi connectivity index (χ3n) is 4.70. The molecule has 0 bridgehead atoms. The topological polar surface area (TPSA) is 42.8 Å². The van der Waals surface area contributed by atoms with Crippen molar-refractivity contribution in [2.45, 2.75) is 0 Å². The quantitative estimate of drug-likeness (QED) is 0.492. The summed E-state index contributed by atoms with van der Waals surface area (Å²) in [5.74, 6) is 0.839. The highest BCUT2D eigenvalue weighted by molar-refractivity contribution is 6.12. The third-order valence-corrected chi connectivity index (χ3v) is 4.70. The molecule has 0 saturated carbocycles. The average molecular weight is 339 g/mol. The maximum Gasteiger partial charge on any atom is 0.142 e. The number of fused-ring (bicyclic) bond motifs is 3. The number of nitrogens with one attached hydrogen (secondary N) is 1. The van der Waals surface area contributed by atoms with Crippen LogP contribution in [-0.2, 0) is 0 Å². The van der Waals surface area contributed by atoms with Crippen LogP contribution in [0.1, 0.15) is 0 Å². The number of aromatic amines is 1. The Morgan fingerprint density at radius 1 is 0.846 bits per heavy atom. The Hall–Kier alpha value is -3.53. The van der Waals surface area contributed by atoms with Crippen molar-refractivity contribution in [3.05, 3.63) is 78.9 Å². The van der Waals surface area contributed by atoms with Crippen LogP contribution in [0.25, 0.3) is 38.9 Å². The number of ether oxygens (including phenoxy) is 1. The van der Waals surface area contributed by atoms with E-state index >= 15 is 0 Å². The Morgan fingerprint density at radius 2 is 1.58 bits per heavy atom. The minimum absolute atomic E-state index is 0.839. The summed E-state index contributed by atoms with van der Waals surface area (Å²) in [5, 5.41) is 7.25. The number of aromatic nitrogens is 3. The van der Waals surface area contributed by atoms with E-state index in [2.05, 4.69) is 47.4 Å². The Balaban J connectivity index is 1.84. The number of para-hydroxylation sites is 2. The van der Waals surface area contributed by atoms with Crippen molar-refractivity contribution in [1.82, 2.24) is 14.8 Å². The molecule has 0 fully saturated rings. The highest BCUT2D eigenvalue weighted by Crippen LogP contribution is 2.35.